The van der Waals surface area contributed by atoms with E-state index >= 15 is 0 Å². The van der Waals surface area contributed by atoms with E-state index in [0.717, 1.165) is 27.3 Å². The van der Waals surface area contributed by atoms with Crippen molar-refractivity contribution < 1.29 is 5.11 Å². The van der Waals surface area contributed by atoms with Gasteiger partial charge in [0.2, 0.25) is 0 Å². The number of nitrogens with zero attached hydrogens (tertiary/aromatic N) is 5. The molecule has 0 amide bonds. The number of hydrogen-bond donors (Lipinski definition) is 1. The molecule has 0 aliphatic rings. The van der Waals surface area contributed by atoms with Gasteiger partial charge in [0.15, 0.2) is 5.16 Å². The van der Waals surface area contributed by atoms with Crippen LogP contribution in [0.2, 0.25) is 0 Å². The van der Waals surface area contributed by atoms with Crippen molar-refractivity contribution in [2.75, 3.05) is 0 Å². The quantitative estimate of drug-likeness (QED) is 0.255. The minimum Gasteiger partial charge on any atom is -0.510 e. The van der Waals surface area contributed by atoms with Crippen molar-refractivity contribution in [2.45, 2.75) is 31.2 Å². The molecule has 30 heavy (non-hydrogen) atoms. The largest absolute Gasteiger partial charge is 0.510 e. The van der Waals surface area contributed by atoms with Gasteiger partial charge in [0.05, 0.1) is 15.5 Å². The lowest BCUT2D eigenvalue weighted by Crippen LogP contribution is -2.07. The molecule has 0 bridgehead atoms. The molecule has 4 aromatic rings. The second kappa shape index (κ2) is 8.30. The van der Waals surface area contributed by atoms with Gasteiger partial charge in [-0.1, -0.05) is 36.0 Å². The Morgan fingerprint density at radius 1 is 1.17 bits per heavy atom. The zero-order chi connectivity index (χ0) is 21.3. The van der Waals surface area contributed by atoms with Crippen molar-refractivity contribution in [3.8, 4) is 11.8 Å². The molecule has 2 aromatic carbocycles. The molecule has 0 aliphatic carbocycles. The highest BCUT2D eigenvalue weighted by Crippen LogP contribution is 2.34. The van der Waals surface area contributed by atoms with Gasteiger partial charge in [0.1, 0.15) is 28.2 Å². The van der Waals surface area contributed by atoms with E-state index in [1.54, 1.807) is 0 Å². The van der Waals surface area contributed by atoms with Gasteiger partial charge in [-0.2, -0.15) is 5.26 Å². The van der Waals surface area contributed by atoms with Gasteiger partial charge in [-0.3, -0.25) is 4.57 Å². The molecule has 0 saturated heterocycles. The van der Waals surface area contributed by atoms with Crippen LogP contribution in [0, 0.1) is 25.2 Å². The number of allylic oxidation sites excluding steroid dienone is 1. The lowest BCUT2D eigenvalue weighted by molar-refractivity contribution is 0.402. The Hall–Kier alpha value is -3.15. The highest BCUT2D eigenvalue weighted by atomic mass is 32.2. The Morgan fingerprint density at radius 2 is 1.97 bits per heavy atom. The fourth-order valence-electron chi connectivity index (χ4n) is 3.09. The van der Waals surface area contributed by atoms with Crippen LogP contribution in [0.25, 0.3) is 21.5 Å². The second-order valence-electron chi connectivity index (χ2n) is 6.82. The number of thiazole rings is 1. The SMILES string of the molecule is Cc1cccc(-n2c(C)nnc2SC(C)/C(O)=C(\C#N)c2nc3ccccc3s2)c1. The van der Waals surface area contributed by atoms with E-state index in [1.165, 1.54) is 23.1 Å². The van der Waals surface area contributed by atoms with E-state index < -0.39 is 5.25 Å². The molecule has 0 spiro atoms. The van der Waals surface area contributed by atoms with E-state index in [1.807, 2.05) is 67.8 Å². The average molecular weight is 434 g/mol. The number of aryl methyl sites for hydroxylation is 2. The number of hydrogen-bond acceptors (Lipinski definition) is 7. The maximum absolute atomic E-state index is 10.9. The Balaban J connectivity index is 1.68. The summed E-state index contributed by atoms with van der Waals surface area (Å²) in [6, 6.07) is 17.9. The van der Waals surface area contributed by atoms with E-state index in [9.17, 15) is 10.4 Å². The first-order valence-corrected chi connectivity index (χ1v) is 11.0. The van der Waals surface area contributed by atoms with Crippen molar-refractivity contribution >= 4 is 38.9 Å². The summed E-state index contributed by atoms with van der Waals surface area (Å²) < 4.78 is 2.92. The predicted octanol–water partition coefficient (Wildman–Crippen LogP) is 5.47. The van der Waals surface area contributed by atoms with Gasteiger partial charge in [0.25, 0.3) is 0 Å². The number of rotatable bonds is 5. The monoisotopic (exact) mass is 433 g/mol. The summed E-state index contributed by atoms with van der Waals surface area (Å²) in [6.45, 7) is 5.77. The summed E-state index contributed by atoms with van der Waals surface area (Å²) in [6.07, 6.45) is 0. The summed E-state index contributed by atoms with van der Waals surface area (Å²) in [5.41, 5.74) is 3.10. The third-order valence-electron chi connectivity index (χ3n) is 4.60. The molecule has 1 unspecified atom stereocenters. The highest BCUT2D eigenvalue weighted by molar-refractivity contribution is 7.99. The molecule has 2 aromatic heterocycles. The first-order chi connectivity index (χ1) is 14.5. The molecule has 6 nitrogen and oxygen atoms in total. The van der Waals surface area contributed by atoms with Crippen LogP contribution >= 0.6 is 23.1 Å². The van der Waals surface area contributed by atoms with Crippen molar-refractivity contribution in [1.29, 1.82) is 5.26 Å². The molecular weight excluding hydrogens is 414 g/mol. The lowest BCUT2D eigenvalue weighted by atomic mass is 10.2. The number of aliphatic hydroxyl groups excluding tert-OH is 1. The average Bonchev–Trinajstić information content (AvgIpc) is 3.31. The number of aliphatic hydroxyl groups is 1. The standard InChI is InChI=1S/C22H19N5OS2/c1-13-7-6-8-16(11-13)27-15(3)25-26-22(27)29-14(2)20(28)17(12-23)21-24-18-9-4-5-10-19(18)30-21/h4-11,14,28H,1-3H3/b20-17-. The molecule has 0 radical (unpaired) electrons. The summed E-state index contributed by atoms with van der Waals surface area (Å²) >= 11 is 2.75. The normalized spacial score (nSPS) is 13.1. The predicted molar refractivity (Wildman–Crippen MR) is 121 cm³/mol. The Kier molecular flexibility index (Phi) is 5.57. The number of nitriles is 1. The number of aromatic nitrogens is 4. The van der Waals surface area contributed by atoms with Crippen LogP contribution in [0.3, 0.4) is 0 Å². The maximum Gasteiger partial charge on any atom is 0.196 e. The van der Waals surface area contributed by atoms with Gasteiger partial charge >= 0.3 is 0 Å². The van der Waals surface area contributed by atoms with E-state index in [2.05, 4.69) is 27.3 Å². The van der Waals surface area contributed by atoms with Crippen LogP contribution in [0.4, 0.5) is 0 Å². The minimum absolute atomic E-state index is 0.0157. The fraction of sp³-hybridized carbons (Fsp3) is 0.182. The highest BCUT2D eigenvalue weighted by Gasteiger charge is 2.22. The fourth-order valence-corrected chi connectivity index (χ4v) is 5.04. The number of fused-ring (bicyclic) bond motifs is 1. The van der Waals surface area contributed by atoms with Crippen molar-refractivity contribution in [2.24, 2.45) is 0 Å². The molecular formula is C22H19N5OS2. The molecule has 1 atom stereocenters. The minimum atomic E-state index is -0.404. The maximum atomic E-state index is 10.9. The first kappa shape index (κ1) is 20.1. The van der Waals surface area contributed by atoms with Crippen molar-refractivity contribution in [1.82, 2.24) is 19.7 Å². The van der Waals surface area contributed by atoms with Gasteiger partial charge < -0.3 is 5.11 Å². The van der Waals surface area contributed by atoms with E-state index in [0.29, 0.717) is 10.2 Å². The molecule has 2 heterocycles. The zero-order valence-electron chi connectivity index (χ0n) is 16.7. The molecule has 1 N–H and O–H groups in total. The smallest absolute Gasteiger partial charge is 0.196 e. The van der Waals surface area contributed by atoms with Gasteiger partial charge in [-0.15, -0.1) is 21.5 Å². The second-order valence-corrected chi connectivity index (χ2v) is 9.16. The zero-order valence-corrected chi connectivity index (χ0v) is 18.3. The summed E-state index contributed by atoms with van der Waals surface area (Å²) in [5.74, 6) is 0.739. The third-order valence-corrected chi connectivity index (χ3v) is 6.70. The molecule has 0 aliphatic heterocycles. The molecule has 0 saturated carbocycles. The number of thioether (sulfide) groups is 1. The van der Waals surface area contributed by atoms with Gasteiger partial charge in [0, 0.05) is 5.69 Å². The van der Waals surface area contributed by atoms with Crippen LogP contribution in [0.15, 0.2) is 59.4 Å². The Bertz CT molecular complexity index is 1270. The molecule has 8 heteroatoms. The first-order valence-electron chi connectivity index (χ1n) is 9.33. The summed E-state index contributed by atoms with van der Waals surface area (Å²) in [7, 11) is 0. The van der Waals surface area contributed by atoms with Crippen LogP contribution in [0.1, 0.15) is 23.3 Å². The van der Waals surface area contributed by atoms with Crippen LogP contribution in [-0.4, -0.2) is 30.1 Å². The molecule has 0 fully saturated rings. The van der Waals surface area contributed by atoms with E-state index in [4.69, 9.17) is 0 Å². The Labute approximate surface area is 182 Å². The third kappa shape index (κ3) is 3.82. The van der Waals surface area contributed by atoms with Crippen LogP contribution in [0.5, 0.6) is 0 Å². The Morgan fingerprint density at radius 3 is 2.70 bits per heavy atom. The van der Waals surface area contributed by atoms with Crippen molar-refractivity contribution in [3.63, 3.8) is 0 Å². The summed E-state index contributed by atoms with van der Waals surface area (Å²) in [4.78, 5) is 4.51. The van der Waals surface area contributed by atoms with Crippen molar-refractivity contribution in [3.05, 3.63) is 70.7 Å². The summed E-state index contributed by atoms with van der Waals surface area (Å²) in [5, 5.41) is 29.8. The lowest BCUT2D eigenvalue weighted by Gasteiger charge is -2.13. The molecule has 150 valence electrons. The van der Waals surface area contributed by atoms with Crippen LogP contribution in [-0.2, 0) is 0 Å². The van der Waals surface area contributed by atoms with E-state index in [-0.39, 0.29) is 11.3 Å². The topological polar surface area (TPSA) is 87.6 Å². The van der Waals surface area contributed by atoms with Crippen LogP contribution < -0.4 is 0 Å². The number of benzene rings is 2. The number of para-hydroxylation sites is 1. The van der Waals surface area contributed by atoms with Gasteiger partial charge in [-0.25, -0.2) is 4.98 Å². The molecule has 4 rings (SSSR count). The van der Waals surface area contributed by atoms with Gasteiger partial charge in [-0.05, 0) is 50.6 Å².